The standard InChI is InChI=1S/C17H20N2O3/c1-13(2)12-22-17(21)19(11-14-7-5-6-10-18-14)15-8-3-4-9-16(15)20/h3-10,13,20H,11-12H2,1-2H3. The van der Waals surface area contributed by atoms with Gasteiger partial charge in [-0.1, -0.05) is 32.0 Å². The number of amides is 1. The Balaban J connectivity index is 2.24. The molecule has 0 aliphatic rings. The van der Waals surface area contributed by atoms with E-state index in [9.17, 15) is 9.90 Å². The van der Waals surface area contributed by atoms with Crippen LogP contribution in [-0.2, 0) is 11.3 Å². The maximum atomic E-state index is 12.4. The van der Waals surface area contributed by atoms with Crippen molar-refractivity contribution in [2.24, 2.45) is 5.92 Å². The molecule has 1 aromatic heterocycles. The molecule has 1 heterocycles. The fourth-order valence-corrected chi connectivity index (χ4v) is 1.91. The van der Waals surface area contributed by atoms with Gasteiger partial charge in [-0.2, -0.15) is 0 Å². The number of aromatic nitrogens is 1. The third kappa shape index (κ3) is 4.22. The number of anilines is 1. The number of phenols is 1. The lowest BCUT2D eigenvalue weighted by atomic mass is 10.2. The number of ether oxygens (including phenoxy) is 1. The summed E-state index contributed by atoms with van der Waals surface area (Å²) in [5.74, 6) is 0.268. The molecule has 0 fully saturated rings. The highest BCUT2D eigenvalue weighted by Gasteiger charge is 2.21. The molecule has 0 aliphatic carbocycles. The Morgan fingerprint density at radius 3 is 2.59 bits per heavy atom. The van der Waals surface area contributed by atoms with Crippen molar-refractivity contribution in [2.45, 2.75) is 20.4 Å². The summed E-state index contributed by atoms with van der Waals surface area (Å²) in [5.41, 5.74) is 1.12. The predicted octanol–water partition coefficient (Wildman–Crippen LogP) is 3.59. The minimum Gasteiger partial charge on any atom is -0.506 e. The van der Waals surface area contributed by atoms with Gasteiger partial charge in [-0.15, -0.1) is 0 Å². The van der Waals surface area contributed by atoms with Crippen LogP contribution in [0.1, 0.15) is 19.5 Å². The Morgan fingerprint density at radius 2 is 1.95 bits per heavy atom. The molecular weight excluding hydrogens is 280 g/mol. The summed E-state index contributed by atoms with van der Waals surface area (Å²) < 4.78 is 5.30. The van der Waals surface area contributed by atoms with Gasteiger partial charge in [0.2, 0.25) is 0 Å². The summed E-state index contributed by atoms with van der Waals surface area (Å²) in [6.45, 7) is 4.49. The molecule has 0 unspecified atom stereocenters. The number of nitrogens with zero attached hydrogens (tertiary/aromatic N) is 2. The van der Waals surface area contributed by atoms with Gasteiger partial charge in [0.15, 0.2) is 0 Å². The van der Waals surface area contributed by atoms with Crippen LogP contribution in [0.4, 0.5) is 10.5 Å². The van der Waals surface area contributed by atoms with Crippen molar-refractivity contribution in [2.75, 3.05) is 11.5 Å². The molecule has 2 rings (SSSR count). The van der Waals surface area contributed by atoms with E-state index in [4.69, 9.17) is 4.74 Å². The van der Waals surface area contributed by atoms with Crippen molar-refractivity contribution in [1.29, 1.82) is 0 Å². The van der Waals surface area contributed by atoms with Gasteiger partial charge in [0, 0.05) is 6.20 Å². The van der Waals surface area contributed by atoms with E-state index in [1.165, 1.54) is 11.0 Å². The number of phenolic OH excluding ortho intramolecular Hbond substituents is 1. The highest BCUT2D eigenvalue weighted by molar-refractivity contribution is 5.89. The lowest BCUT2D eigenvalue weighted by molar-refractivity contribution is 0.139. The number of carbonyl (C=O) groups excluding carboxylic acids is 1. The average Bonchev–Trinajstić information content (AvgIpc) is 2.52. The maximum absolute atomic E-state index is 12.4. The molecule has 116 valence electrons. The highest BCUT2D eigenvalue weighted by Crippen LogP contribution is 2.28. The summed E-state index contributed by atoms with van der Waals surface area (Å²) in [7, 11) is 0. The lowest BCUT2D eigenvalue weighted by Crippen LogP contribution is -2.32. The van der Waals surface area contributed by atoms with E-state index in [1.807, 2.05) is 32.0 Å². The first-order chi connectivity index (χ1) is 10.6. The molecule has 0 aliphatic heterocycles. The zero-order valence-corrected chi connectivity index (χ0v) is 12.8. The van der Waals surface area contributed by atoms with E-state index in [0.29, 0.717) is 18.0 Å². The summed E-state index contributed by atoms with van der Waals surface area (Å²) in [4.78, 5) is 18.0. The van der Waals surface area contributed by atoms with Crippen LogP contribution in [0.2, 0.25) is 0 Å². The van der Waals surface area contributed by atoms with E-state index in [2.05, 4.69) is 4.98 Å². The number of para-hydroxylation sites is 2. The Bertz CT molecular complexity index is 614. The Labute approximate surface area is 130 Å². The second kappa shape index (κ2) is 7.45. The van der Waals surface area contributed by atoms with Crippen molar-refractivity contribution in [1.82, 2.24) is 4.98 Å². The van der Waals surface area contributed by atoms with Gasteiger partial charge in [-0.25, -0.2) is 4.79 Å². The Kier molecular flexibility index (Phi) is 5.36. The van der Waals surface area contributed by atoms with Crippen LogP contribution < -0.4 is 4.90 Å². The molecule has 0 saturated heterocycles. The fraction of sp³-hybridized carbons (Fsp3) is 0.294. The van der Waals surface area contributed by atoms with Gasteiger partial charge >= 0.3 is 6.09 Å². The van der Waals surface area contributed by atoms with Crippen molar-refractivity contribution < 1.29 is 14.6 Å². The number of hydrogen-bond acceptors (Lipinski definition) is 4. The number of aromatic hydroxyl groups is 1. The molecule has 0 spiro atoms. The van der Waals surface area contributed by atoms with Crippen LogP contribution in [0, 0.1) is 5.92 Å². The van der Waals surface area contributed by atoms with Gasteiger partial charge in [0.1, 0.15) is 5.75 Å². The first-order valence-electron chi connectivity index (χ1n) is 7.20. The molecular formula is C17H20N2O3. The third-order valence-electron chi connectivity index (χ3n) is 2.98. The minimum atomic E-state index is -0.499. The minimum absolute atomic E-state index is 0.0277. The van der Waals surface area contributed by atoms with Crippen LogP contribution in [0.25, 0.3) is 0 Å². The van der Waals surface area contributed by atoms with Gasteiger partial charge in [0.05, 0.1) is 24.5 Å². The van der Waals surface area contributed by atoms with E-state index in [1.54, 1.807) is 24.4 Å². The lowest BCUT2D eigenvalue weighted by Gasteiger charge is -2.23. The highest BCUT2D eigenvalue weighted by atomic mass is 16.6. The molecule has 0 radical (unpaired) electrons. The predicted molar refractivity (Wildman–Crippen MR) is 84.7 cm³/mol. The van der Waals surface area contributed by atoms with Crippen LogP contribution in [0.3, 0.4) is 0 Å². The zero-order valence-electron chi connectivity index (χ0n) is 12.8. The number of benzene rings is 1. The monoisotopic (exact) mass is 300 g/mol. The van der Waals surface area contributed by atoms with Crippen molar-refractivity contribution in [3.63, 3.8) is 0 Å². The SMILES string of the molecule is CC(C)COC(=O)N(Cc1ccccn1)c1ccccc1O. The quantitative estimate of drug-likeness (QED) is 0.916. The fourth-order valence-electron chi connectivity index (χ4n) is 1.91. The van der Waals surface area contributed by atoms with Gasteiger partial charge < -0.3 is 9.84 Å². The van der Waals surface area contributed by atoms with Crippen molar-refractivity contribution >= 4 is 11.8 Å². The summed E-state index contributed by atoms with van der Waals surface area (Å²) in [6, 6.07) is 12.2. The van der Waals surface area contributed by atoms with Crippen molar-refractivity contribution in [3.8, 4) is 5.75 Å². The van der Waals surface area contributed by atoms with E-state index in [-0.39, 0.29) is 18.2 Å². The number of rotatable bonds is 5. The molecule has 22 heavy (non-hydrogen) atoms. The first kappa shape index (κ1) is 15.8. The molecule has 1 amide bonds. The first-order valence-corrected chi connectivity index (χ1v) is 7.20. The molecule has 5 heteroatoms. The molecule has 1 aromatic carbocycles. The Hall–Kier alpha value is -2.56. The third-order valence-corrected chi connectivity index (χ3v) is 2.98. The van der Waals surface area contributed by atoms with Crippen molar-refractivity contribution in [3.05, 3.63) is 54.4 Å². The van der Waals surface area contributed by atoms with E-state index >= 15 is 0 Å². The topological polar surface area (TPSA) is 62.7 Å². The van der Waals surface area contributed by atoms with Gasteiger partial charge in [-0.05, 0) is 30.2 Å². The van der Waals surface area contributed by atoms with Crippen LogP contribution in [0.15, 0.2) is 48.7 Å². The average molecular weight is 300 g/mol. The largest absolute Gasteiger partial charge is 0.506 e. The zero-order chi connectivity index (χ0) is 15.9. The molecule has 0 atom stereocenters. The number of carbonyl (C=O) groups is 1. The summed E-state index contributed by atoms with van der Waals surface area (Å²) >= 11 is 0. The van der Waals surface area contributed by atoms with E-state index in [0.717, 1.165) is 0 Å². The summed E-state index contributed by atoms with van der Waals surface area (Å²) in [5, 5.41) is 10.0. The molecule has 5 nitrogen and oxygen atoms in total. The normalized spacial score (nSPS) is 10.5. The molecule has 0 saturated carbocycles. The van der Waals surface area contributed by atoms with Gasteiger partial charge in [-0.3, -0.25) is 9.88 Å². The smallest absolute Gasteiger partial charge is 0.414 e. The maximum Gasteiger partial charge on any atom is 0.414 e. The van der Waals surface area contributed by atoms with Crippen LogP contribution in [0.5, 0.6) is 5.75 Å². The summed E-state index contributed by atoms with van der Waals surface area (Å²) in [6.07, 6.45) is 1.17. The Morgan fingerprint density at radius 1 is 1.23 bits per heavy atom. The number of hydrogen-bond donors (Lipinski definition) is 1. The number of pyridine rings is 1. The second-order valence-corrected chi connectivity index (χ2v) is 5.37. The molecule has 0 bridgehead atoms. The van der Waals surface area contributed by atoms with Crippen LogP contribution in [-0.4, -0.2) is 22.8 Å². The van der Waals surface area contributed by atoms with Crippen LogP contribution >= 0.6 is 0 Å². The molecule has 1 N–H and O–H groups in total. The molecule has 2 aromatic rings. The van der Waals surface area contributed by atoms with E-state index < -0.39 is 6.09 Å². The second-order valence-electron chi connectivity index (χ2n) is 5.37. The van der Waals surface area contributed by atoms with Gasteiger partial charge in [0.25, 0.3) is 0 Å².